The Bertz CT molecular complexity index is 1140. The van der Waals surface area contributed by atoms with E-state index < -0.39 is 28.5 Å². The maximum atomic E-state index is 13.5. The number of hydrogen-bond donors (Lipinski definition) is 1. The number of likely N-dealkylation sites (N-methyl/N-ethyl adjacent to an activating group) is 1. The average molecular weight is 535 g/mol. The highest BCUT2D eigenvalue weighted by Gasteiger charge is 2.32. The number of sulfonamides is 1. The molecule has 180 valence electrons. The van der Waals surface area contributed by atoms with E-state index in [9.17, 15) is 18.0 Å². The fourth-order valence-electron chi connectivity index (χ4n) is 3.41. The number of amides is 2. The molecule has 2 amide bonds. The minimum Gasteiger partial charge on any atom is -0.357 e. The molecule has 0 aromatic heterocycles. The highest BCUT2D eigenvalue weighted by Crippen LogP contribution is 2.27. The predicted octanol–water partition coefficient (Wildman–Crippen LogP) is 4.27. The van der Waals surface area contributed by atoms with E-state index in [2.05, 4.69) is 5.32 Å². The van der Waals surface area contributed by atoms with Crippen LogP contribution in [-0.2, 0) is 26.2 Å². The lowest BCUT2D eigenvalue weighted by Crippen LogP contribution is -2.51. The average Bonchev–Trinajstić information content (AvgIpc) is 2.72. The third kappa shape index (κ3) is 6.99. The highest BCUT2D eigenvalue weighted by molar-refractivity contribution is 7.92. The van der Waals surface area contributed by atoms with Gasteiger partial charge < -0.3 is 10.2 Å². The van der Waals surface area contributed by atoms with Crippen LogP contribution in [0, 0.1) is 6.92 Å². The summed E-state index contributed by atoms with van der Waals surface area (Å²) in [5.74, 6) is -0.930. The lowest BCUT2D eigenvalue weighted by Gasteiger charge is -2.33. The lowest BCUT2D eigenvalue weighted by atomic mass is 10.1. The van der Waals surface area contributed by atoms with Crippen LogP contribution in [0.4, 0.5) is 5.69 Å². The van der Waals surface area contributed by atoms with E-state index >= 15 is 0 Å². The molecule has 11 heteroatoms. The first kappa shape index (κ1) is 27.2. The summed E-state index contributed by atoms with van der Waals surface area (Å²) in [4.78, 5) is 27.4. The Morgan fingerprint density at radius 2 is 1.67 bits per heavy atom. The van der Waals surface area contributed by atoms with E-state index in [0.29, 0.717) is 38.3 Å². The van der Waals surface area contributed by atoms with Gasteiger partial charge in [0.25, 0.3) is 0 Å². The number of aryl methyl sites for hydroxylation is 1. The number of nitrogens with one attached hydrogen (secondary N) is 1. The predicted molar refractivity (Wildman–Crippen MR) is 134 cm³/mol. The third-order valence-electron chi connectivity index (χ3n) is 5.09. The zero-order chi connectivity index (χ0) is 24.9. The van der Waals surface area contributed by atoms with Crippen molar-refractivity contribution in [2.24, 2.45) is 0 Å². The van der Waals surface area contributed by atoms with Crippen LogP contribution in [0.25, 0.3) is 0 Å². The molecule has 2 aromatic carbocycles. The van der Waals surface area contributed by atoms with Crippen LogP contribution in [0.5, 0.6) is 0 Å². The van der Waals surface area contributed by atoms with Gasteiger partial charge in [-0.25, -0.2) is 8.42 Å². The molecule has 2 rings (SSSR count). The first-order chi connectivity index (χ1) is 15.4. The maximum Gasteiger partial charge on any atom is 0.244 e. The summed E-state index contributed by atoms with van der Waals surface area (Å²) in [5, 5.41) is 3.77. The molecule has 1 N–H and O–H groups in total. The monoisotopic (exact) mass is 533 g/mol. The highest BCUT2D eigenvalue weighted by atomic mass is 35.5. The first-order valence-electron chi connectivity index (χ1n) is 10.1. The smallest absolute Gasteiger partial charge is 0.244 e. The summed E-state index contributed by atoms with van der Waals surface area (Å²) >= 11 is 18.3. The van der Waals surface area contributed by atoms with Gasteiger partial charge in [-0.3, -0.25) is 13.9 Å². The number of anilines is 1. The first-order valence-corrected chi connectivity index (χ1v) is 13.1. The molecule has 2 aromatic rings. The van der Waals surface area contributed by atoms with Crippen LogP contribution in [0.1, 0.15) is 24.5 Å². The fraction of sp³-hybridized carbons (Fsp3) is 0.364. The molecular formula is C22H26Cl3N3O4S. The van der Waals surface area contributed by atoms with Crippen molar-refractivity contribution in [3.63, 3.8) is 0 Å². The maximum absolute atomic E-state index is 13.5. The molecule has 0 fully saturated rings. The summed E-state index contributed by atoms with van der Waals surface area (Å²) in [6.07, 6.45) is 1.33. The number of carbonyl (C=O) groups is 2. The van der Waals surface area contributed by atoms with E-state index in [1.807, 2.05) is 0 Å². The van der Waals surface area contributed by atoms with Gasteiger partial charge in [-0.2, -0.15) is 0 Å². The number of hydrogen-bond acceptors (Lipinski definition) is 4. The van der Waals surface area contributed by atoms with Crippen molar-refractivity contribution in [3.05, 3.63) is 62.6 Å². The lowest BCUT2D eigenvalue weighted by molar-refractivity contribution is -0.140. The molecule has 0 saturated carbocycles. The number of nitrogens with zero attached hydrogens (tertiary/aromatic N) is 2. The van der Waals surface area contributed by atoms with E-state index in [4.69, 9.17) is 34.8 Å². The summed E-state index contributed by atoms with van der Waals surface area (Å²) < 4.78 is 26.2. The minimum absolute atomic E-state index is 0.00202. The van der Waals surface area contributed by atoms with Gasteiger partial charge in [0, 0.05) is 28.7 Å². The zero-order valence-electron chi connectivity index (χ0n) is 18.7. The van der Waals surface area contributed by atoms with Crippen LogP contribution in [0.3, 0.4) is 0 Å². The Labute approximate surface area is 209 Å². The van der Waals surface area contributed by atoms with E-state index in [0.717, 1.165) is 10.6 Å². The number of halogens is 3. The molecule has 7 nitrogen and oxygen atoms in total. The molecule has 0 spiro atoms. The van der Waals surface area contributed by atoms with Gasteiger partial charge in [0.2, 0.25) is 21.8 Å². The summed E-state index contributed by atoms with van der Waals surface area (Å²) in [6, 6.07) is 8.72. The van der Waals surface area contributed by atoms with E-state index in [1.165, 1.54) is 11.9 Å². The van der Waals surface area contributed by atoms with Crippen LogP contribution in [-0.4, -0.2) is 51.0 Å². The molecular weight excluding hydrogens is 509 g/mol. The standard InChI is InChI=1S/C22H26Cl3N3O4S/c1-5-19(22(30)26-3)27(12-15-6-7-17(24)11-18(15)25)21(29)13-28(33(4,31)32)20-9-8-16(23)10-14(20)2/h6-11,19H,5,12-13H2,1-4H3,(H,26,30)/t19-/m0/s1. The largest absolute Gasteiger partial charge is 0.357 e. The molecule has 0 radical (unpaired) electrons. The zero-order valence-corrected chi connectivity index (χ0v) is 21.8. The molecule has 0 bridgehead atoms. The van der Waals surface area contributed by atoms with Crippen molar-refractivity contribution in [2.75, 3.05) is 24.2 Å². The van der Waals surface area contributed by atoms with Crippen molar-refractivity contribution in [1.82, 2.24) is 10.2 Å². The summed E-state index contributed by atoms with van der Waals surface area (Å²) in [6.45, 7) is 2.97. The fourth-order valence-corrected chi connectivity index (χ4v) is 5.02. The van der Waals surface area contributed by atoms with E-state index in [1.54, 1.807) is 50.2 Å². The van der Waals surface area contributed by atoms with Gasteiger partial charge in [-0.1, -0.05) is 47.8 Å². The van der Waals surface area contributed by atoms with Crippen molar-refractivity contribution < 1.29 is 18.0 Å². The van der Waals surface area contributed by atoms with Gasteiger partial charge in [0.05, 0.1) is 11.9 Å². The Hall–Kier alpha value is -2.00. The Morgan fingerprint density at radius 1 is 1.06 bits per heavy atom. The summed E-state index contributed by atoms with van der Waals surface area (Å²) in [5.41, 5.74) is 1.49. The van der Waals surface area contributed by atoms with Crippen molar-refractivity contribution in [1.29, 1.82) is 0 Å². The van der Waals surface area contributed by atoms with Crippen LogP contribution in [0.2, 0.25) is 15.1 Å². The third-order valence-corrected chi connectivity index (χ3v) is 7.04. The van der Waals surface area contributed by atoms with Gasteiger partial charge in [0.1, 0.15) is 12.6 Å². The minimum atomic E-state index is -3.83. The molecule has 0 aliphatic rings. The molecule has 33 heavy (non-hydrogen) atoms. The normalized spacial score (nSPS) is 12.2. The van der Waals surface area contributed by atoms with Gasteiger partial charge in [0.15, 0.2) is 0 Å². The molecule has 0 saturated heterocycles. The summed E-state index contributed by atoms with van der Waals surface area (Å²) in [7, 11) is -2.35. The van der Waals surface area contributed by atoms with Gasteiger partial charge in [-0.15, -0.1) is 0 Å². The second-order valence-corrected chi connectivity index (χ2v) is 10.7. The Balaban J connectivity index is 2.49. The number of carbonyl (C=O) groups excluding carboxylic acids is 2. The topological polar surface area (TPSA) is 86.8 Å². The van der Waals surface area contributed by atoms with Gasteiger partial charge in [-0.05, 0) is 54.8 Å². The van der Waals surface area contributed by atoms with Crippen molar-refractivity contribution in [3.8, 4) is 0 Å². The Morgan fingerprint density at radius 3 is 2.18 bits per heavy atom. The van der Waals surface area contributed by atoms with Gasteiger partial charge >= 0.3 is 0 Å². The van der Waals surface area contributed by atoms with Crippen LogP contribution in [0.15, 0.2) is 36.4 Å². The molecule has 1 atom stereocenters. The molecule has 0 unspecified atom stereocenters. The van der Waals surface area contributed by atoms with Crippen molar-refractivity contribution in [2.45, 2.75) is 32.9 Å². The van der Waals surface area contributed by atoms with Crippen LogP contribution >= 0.6 is 34.8 Å². The molecule has 0 heterocycles. The SMILES string of the molecule is CC[C@@H](C(=O)NC)N(Cc1ccc(Cl)cc1Cl)C(=O)CN(c1ccc(Cl)cc1C)S(C)(=O)=O. The quantitative estimate of drug-likeness (QED) is 0.520. The number of benzene rings is 2. The Kier molecular flexibility index (Phi) is 9.43. The second kappa shape index (κ2) is 11.4. The van der Waals surface area contributed by atoms with Crippen molar-refractivity contribution >= 4 is 62.3 Å². The number of rotatable bonds is 9. The van der Waals surface area contributed by atoms with Crippen LogP contribution < -0.4 is 9.62 Å². The van der Waals surface area contributed by atoms with E-state index in [-0.39, 0.29) is 12.5 Å². The second-order valence-electron chi connectivity index (χ2n) is 7.50. The molecule has 0 aliphatic heterocycles. The molecule has 0 aliphatic carbocycles.